The molecule has 0 radical (unpaired) electrons. The summed E-state index contributed by atoms with van der Waals surface area (Å²) in [5.41, 5.74) is 0. The molecule has 0 bridgehead atoms. The van der Waals surface area contributed by atoms with Crippen molar-refractivity contribution in [2.75, 3.05) is 13.1 Å². The third-order valence-electron chi connectivity index (χ3n) is 5.63. The number of nitrogens with one attached hydrogen (secondary N) is 1. The van der Waals surface area contributed by atoms with Crippen molar-refractivity contribution in [2.24, 2.45) is 17.8 Å². The molecule has 0 aliphatic carbocycles. The average molecular weight is 450 g/mol. The minimum Gasteiger partial charge on any atom is -0.344 e. The maximum Gasteiger partial charge on any atom is 0.460 e. The molecule has 0 aromatic rings. The second-order valence-electron chi connectivity index (χ2n) is 8.62. The predicted molar refractivity (Wildman–Crippen MR) is 96.3 cm³/mol. The van der Waals surface area contributed by atoms with Crippen molar-refractivity contribution in [2.45, 2.75) is 77.6 Å². The monoisotopic (exact) mass is 450 g/mol. The first-order chi connectivity index (χ1) is 13.4. The standard InChI is InChI=1S/C19H29F7N2O2/c1-10(2)12(5)9-28-8-6-7-13(28)16(30)27-14(11(3)4)15(29)17(20,21)18(22,23)19(24,25)26/h10-14H,6-9H2,1-5H3,(H,27,30)/t12?,13-,14?/m0/s1. The van der Waals surface area contributed by atoms with E-state index in [2.05, 4.69) is 0 Å². The fraction of sp³-hybridized carbons (Fsp3) is 0.895. The van der Waals surface area contributed by atoms with Gasteiger partial charge >= 0.3 is 18.0 Å². The van der Waals surface area contributed by atoms with Gasteiger partial charge in [0.1, 0.15) is 0 Å². The number of rotatable bonds is 9. The number of halogens is 7. The van der Waals surface area contributed by atoms with Gasteiger partial charge in [0.25, 0.3) is 0 Å². The first-order valence-electron chi connectivity index (χ1n) is 9.86. The number of alkyl halides is 7. The molecule has 1 heterocycles. The minimum absolute atomic E-state index is 0.204. The molecule has 176 valence electrons. The summed E-state index contributed by atoms with van der Waals surface area (Å²) in [6.45, 7) is 9.39. The molecule has 1 fully saturated rings. The average Bonchev–Trinajstić information content (AvgIpc) is 3.05. The van der Waals surface area contributed by atoms with E-state index in [4.69, 9.17) is 0 Å². The summed E-state index contributed by atoms with van der Waals surface area (Å²) in [5.74, 6) is -16.7. The molecule has 1 rings (SSSR count). The van der Waals surface area contributed by atoms with Crippen molar-refractivity contribution in [3.8, 4) is 0 Å². The van der Waals surface area contributed by atoms with Crippen LogP contribution >= 0.6 is 0 Å². The Morgan fingerprint density at radius 1 is 0.967 bits per heavy atom. The van der Waals surface area contributed by atoms with Crippen LogP contribution in [0.1, 0.15) is 47.5 Å². The van der Waals surface area contributed by atoms with Crippen LogP contribution in [0.15, 0.2) is 0 Å². The van der Waals surface area contributed by atoms with E-state index < -0.39 is 47.7 Å². The Morgan fingerprint density at radius 2 is 1.50 bits per heavy atom. The second kappa shape index (κ2) is 9.40. The molecule has 1 aliphatic rings. The van der Waals surface area contributed by atoms with E-state index in [9.17, 15) is 40.3 Å². The summed E-state index contributed by atoms with van der Waals surface area (Å²) >= 11 is 0. The van der Waals surface area contributed by atoms with Crippen LogP contribution in [-0.4, -0.2) is 59.8 Å². The molecule has 30 heavy (non-hydrogen) atoms. The lowest BCUT2D eigenvalue weighted by molar-refractivity contribution is -0.344. The summed E-state index contributed by atoms with van der Waals surface area (Å²) in [4.78, 5) is 26.5. The van der Waals surface area contributed by atoms with Crippen molar-refractivity contribution >= 4 is 11.7 Å². The zero-order chi connectivity index (χ0) is 23.7. The van der Waals surface area contributed by atoms with Gasteiger partial charge in [-0.15, -0.1) is 0 Å². The van der Waals surface area contributed by atoms with Crippen molar-refractivity contribution in [1.82, 2.24) is 10.2 Å². The molecule has 0 saturated carbocycles. The van der Waals surface area contributed by atoms with Gasteiger partial charge in [0, 0.05) is 6.54 Å². The van der Waals surface area contributed by atoms with Crippen molar-refractivity contribution in [3.63, 3.8) is 0 Å². The molecular weight excluding hydrogens is 421 g/mol. The molecule has 11 heteroatoms. The highest BCUT2D eigenvalue weighted by atomic mass is 19.4. The number of Topliss-reactive ketones (excluding diaryl/α,β-unsaturated/α-hetero) is 1. The number of amides is 1. The number of hydrogen-bond donors (Lipinski definition) is 1. The molecule has 0 spiro atoms. The largest absolute Gasteiger partial charge is 0.460 e. The fourth-order valence-electron chi connectivity index (χ4n) is 3.23. The van der Waals surface area contributed by atoms with Crippen molar-refractivity contribution < 1.29 is 40.3 Å². The molecule has 0 aromatic heterocycles. The minimum atomic E-state index is -6.62. The van der Waals surface area contributed by atoms with Crippen LogP contribution in [0.2, 0.25) is 0 Å². The van der Waals surface area contributed by atoms with E-state index in [1.54, 1.807) is 0 Å². The normalized spacial score (nSPS) is 21.2. The molecule has 0 aromatic carbocycles. The topological polar surface area (TPSA) is 49.4 Å². The zero-order valence-corrected chi connectivity index (χ0v) is 17.6. The predicted octanol–water partition coefficient (Wildman–Crippen LogP) is 4.29. The molecule has 4 nitrogen and oxygen atoms in total. The van der Waals surface area contributed by atoms with Gasteiger partial charge in [-0.25, -0.2) is 0 Å². The van der Waals surface area contributed by atoms with Gasteiger partial charge in [0.05, 0.1) is 12.1 Å². The molecule has 1 amide bonds. The number of carbonyl (C=O) groups excluding carboxylic acids is 2. The summed E-state index contributed by atoms with van der Waals surface area (Å²) in [7, 11) is 0. The van der Waals surface area contributed by atoms with Gasteiger partial charge in [-0.1, -0.05) is 34.6 Å². The SMILES string of the molecule is CC(C)C(C)CN1CCC[C@H]1C(=O)NC(C(=O)C(F)(F)C(F)(F)C(F)(F)F)C(C)C. The van der Waals surface area contributed by atoms with E-state index in [0.717, 1.165) is 0 Å². The molecular formula is C19H29F7N2O2. The maximum absolute atomic E-state index is 13.9. The van der Waals surface area contributed by atoms with Gasteiger partial charge in [0.2, 0.25) is 11.7 Å². The van der Waals surface area contributed by atoms with Crippen LogP contribution < -0.4 is 5.32 Å². The highest BCUT2D eigenvalue weighted by Gasteiger charge is 2.76. The summed E-state index contributed by atoms with van der Waals surface area (Å²) < 4.78 is 91.6. The Morgan fingerprint density at radius 3 is 1.93 bits per heavy atom. The van der Waals surface area contributed by atoms with Crippen molar-refractivity contribution in [1.29, 1.82) is 0 Å². The lowest BCUT2D eigenvalue weighted by Gasteiger charge is -2.33. The number of nitrogens with zero attached hydrogens (tertiary/aromatic N) is 1. The Hall–Kier alpha value is -1.39. The molecule has 1 aliphatic heterocycles. The van der Waals surface area contributed by atoms with Crippen LogP contribution in [0, 0.1) is 17.8 Å². The lowest BCUT2D eigenvalue weighted by Crippen LogP contribution is -2.63. The Balaban J connectivity index is 3.03. The highest BCUT2D eigenvalue weighted by Crippen LogP contribution is 2.47. The van der Waals surface area contributed by atoms with E-state index >= 15 is 0 Å². The van der Waals surface area contributed by atoms with E-state index in [1.807, 2.05) is 31.0 Å². The van der Waals surface area contributed by atoms with Gasteiger partial charge in [0.15, 0.2) is 0 Å². The number of carbonyl (C=O) groups is 2. The van der Waals surface area contributed by atoms with E-state index in [0.29, 0.717) is 31.8 Å². The maximum atomic E-state index is 13.9. The third-order valence-corrected chi connectivity index (χ3v) is 5.63. The first-order valence-corrected chi connectivity index (χ1v) is 9.86. The smallest absolute Gasteiger partial charge is 0.344 e. The second-order valence-corrected chi connectivity index (χ2v) is 8.62. The van der Waals surface area contributed by atoms with E-state index in [-0.39, 0.29) is 5.92 Å². The number of hydrogen-bond acceptors (Lipinski definition) is 3. The molecule has 1 saturated heterocycles. The quantitative estimate of drug-likeness (QED) is 0.534. The van der Waals surface area contributed by atoms with Gasteiger partial charge in [-0.3, -0.25) is 14.5 Å². The Bertz CT molecular complexity index is 620. The molecule has 1 N–H and O–H groups in total. The van der Waals surface area contributed by atoms with Crippen LogP contribution in [0.4, 0.5) is 30.7 Å². The first kappa shape index (κ1) is 26.6. The van der Waals surface area contributed by atoms with E-state index in [1.165, 1.54) is 13.8 Å². The zero-order valence-electron chi connectivity index (χ0n) is 17.6. The molecule has 3 atom stereocenters. The summed E-state index contributed by atoms with van der Waals surface area (Å²) in [6.07, 6.45) is -5.62. The Labute approximate surface area is 171 Å². The van der Waals surface area contributed by atoms with Crippen LogP contribution in [-0.2, 0) is 9.59 Å². The van der Waals surface area contributed by atoms with Crippen molar-refractivity contribution in [3.05, 3.63) is 0 Å². The van der Waals surface area contributed by atoms with Gasteiger partial charge in [-0.05, 0) is 37.1 Å². The highest BCUT2D eigenvalue weighted by molar-refractivity contribution is 5.96. The molecule has 2 unspecified atom stereocenters. The van der Waals surface area contributed by atoms with Crippen LogP contribution in [0.5, 0.6) is 0 Å². The Kier molecular flexibility index (Phi) is 8.35. The summed E-state index contributed by atoms with van der Waals surface area (Å²) in [6, 6.07) is -2.96. The van der Waals surface area contributed by atoms with Crippen LogP contribution in [0.25, 0.3) is 0 Å². The van der Waals surface area contributed by atoms with Gasteiger partial charge in [-0.2, -0.15) is 30.7 Å². The lowest BCUT2D eigenvalue weighted by atomic mass is 9.92. The number of likely N-dealkylation sites (tertiary alicyclic amines) is 1. The van der Waals surface area contributed by atoms with Crippen LogP contribution in [0.3, 0.4) is 0 Å². The summed E-state index contributed by atoms with van der Waals surface area (Å²) in [5, 5.41) is 2.01. The van der Waals surface area contributed by atoms with Gasteiger partial charge < -0.3 is 5.32 Å². The third kappa shape index (κ3) is 5.45. The fourth-order valence-corrected chi connectivity index (χ4v) is 3.23. The number of ketones is 1.